The molecule has 0 saturated carbocycles. The highest BCUT2D eigenvalue weighted by Gasteiger charge is 2.33. The highest BCUT2D eigenvalue weighted by atomic mass is 16.6. The molecule has 1 saturated heterocycles. The van der Waals surface area contributed by atoms with E-state index in [1.54, 1.807) is 0 Å². The van der Waals surface area contributed by atoms with Crippen LogP contribution in [0.5, 0.6) is 0 Å². The van der Waals surface area contributed by atoms with Gasteiger partial charge in [0.2, 0.25) is 0 Å². The average molecular weight is 129 g/mol. The van der Waals surface area contributed by atoms with Crippen molar-refractivity contribution in [1.82, 2.24) is 0 Å². The van der Waals surface area contributed by atoms with Crippen LogP contribution >= 0.6 is 0 Å². The molecule has 0 spiro atoms. The van der Waals surface area contributed by atoms with Crippen LogP contribution in [0.15, 0.2) is 0 Å². The topological polar surface area (TPSA) is 18.5 Å². The van der Waals surface area contributed by atoms with E-state index in [0.717, 1.165) is 26.2 Å². The third-order valence-corrected chi connectivity index (χ3v) is 1.41. The minimum Gasteiger partial charge on any atom is -0.375 e. The van der Waals surface area contributed by atoms with Crippen molar-refractivity contribution in [3.8, 4) is 0 Å². The van der Waals surface area contributed by atoms with E-state index in [4.69, 9.17) is 9.47 Å². The molecular weight excluding hydrogens is 116 g/mol. The molecular formula is C7H13O2. The maximum absolute atomic E-state index is 5.43. The number of rotatable bonds is 3. The minimum absolute atomic E-state index is 0.0116. The summed E-state index contributed by atoms with van der Waals surface area (Å²) in [5.74, 6) is 0. The maximum atomic E-state index is 5.43. The van der Waals surface area contributed by atoms with Gasteiger partial charge in [0.1, 0.15) is 5.60 Å². The number of ether oxygens (including phenoxy) is 2. The summed E-state index contributed by atoms with van der Waals surface area (Å²) in [6, 6.07) is 0. The lowest BCUT2D eigenvalue weighted by Gasteiger charge is -2.37. The van der Waals surface area contributed by atoms with E-state index in [-0.39, 0.29) is 5.60 Å². The van der Waals surface area contributed by atoms with E-state index >= 15 is 0 Å². The van der Waals surface area contributed by atoms with Crippen molar-refractivity contribution in [2.24, 2.45) is 0 Å². The van der Waals surface area contributed by atoms with Crippen molar-refractivity contribution < 1.29 is 9.47 Å². The van der Waals surface area contributed by atoms with Crippen molar-refractivity contribution in [2.75, 3.05) is 19.8 Å². The van der Waals surface area contributed by atoms with Gasteiger partial charge in [0.25, 0.3) is 0 Å². The Bertz CT molecular complexity index is 86.9. The summed E-state index contributed by atoms with van der Waals surface area (Å²) >= 11 is 0. The fraction of sp³-hybridized carbons (Fsp3) is 0.857. The predicted molar refractivity (Wildman–Crippen MR) is 35.1 cm³/mol. The monoisotopic (exact) mass is 129 g/mol. The zero-order valence-corrected chi connectivity index (χ0v) is 5.85. The van der Waals surface area contributed by atoms with Crippen molar-refractivity contribution in [3.63, 3.8) is 0 Å². The Morgan fingerprint density at radius 3 is 2.67 bits per heavy atom. The lowest BCUT2D eigenvalue weighted by atomic mass is 10.1. The van der Waals surface area contributed by atoms with Crippen LogP contribution in [0.3, 0.4) is 0 Å². The molecule has 1 heterocycles. The van der Waals surface area contributed by atoms with Gasteiger partial charge >= 0.3 is 0 Å². The molecule has 9 heavy (non-hydrogen) atoms. The van der Waals surface area contributed by atoms with E-state index in [0.29, 0.717) is 0 Å². The first-order valence-corrected chi connectivity index (χ1v) is 3.28. The molecule has 0 N–H and O–H groups in total. The number of hydrogen-bond donors (Lipinski definition) is 0. The maximum Gasteiger partial charge on any atom is 0.112 e. The molecule has 2 nitrogen and oxygen atoms in total. The normalized spacial score (nSPS) is 23.3. The summed E-state index contributed by atoms with van der Waals surface area (Å²) in [7, 11) is 0. The Morgan fingerprint density at radius 1 is 1.67 bits per heavy atom. The Hall–Kier alpha value is -0.0800. The highest BCUT2D eigenvalue weighted by molar-refractivity contribution is 4.81. The molecule has 1 fully saturated rings. The summed E-state index contributed by atoms with van der Waals surface area (Å²) in [4.78, 5) is 0. The standard InChI is InChI=1S/C7H13O2/c1-3-4-9-7(2)5-8-6-7/h1,3-6H2,2H3. The number of hydrogen-bond acceptors (Lipinski definition) is 2. The van der Waals surface area contributed by atoms with Crippen LogP contribution in [-0.4, -0.2) is 25.4 Å². The van der Waals surface area contributed by atoms with Crippen molar-refractivity contribution in [2.45, 2.75) is 18.9 Å². The van der Waals surface area contributed by atoms with Crippen LogP contribution in [0.1, 0.15) is 13.3 Å². The first-order chi connectivity index (χ1) is 4.27. The van der Waals surface area contributed by atoms with Gasteiger partial charge in [-0.15, -0.1) is 0 Å². The molecule has 0 atom stereocenters. The van der Waals surface area contributed by atoms with Crippen molar-refractivity contribution in [3.05, 3.63) is 6.92 Å². The van der Waals surface area contributed by atoms with Crippen LogP contribution in [-0.2, 0) is 9.47 Å². The molecule has 0 unspecified atom stereocenters. The quantitative estimate of drug-likeness (QED) is 0.566. The van der Waals surface area contributed by atoms with Gasteiger partial charge in [-0.25, -0.2) is 0 Å². The van der Waals surface area contributed by atoms with Crippen molar-refractivity contribution in [1.29, 1.82) is 0 Å². The van der Waals surface area contributed by atoms with Gasteiger partial charge in [-0.1, -0.05) is 6.92 Å². The first-order valence-electron chi connectivity index (χ1n) is 3.28. The minimum atomic E-state index is 0.0116. The van der Waals surface area contributed by atoms with E-state index in [2.05, 4.69) is 13.8 Å². The Morgan fingerprint density at radius 2 is 2.33 bits per heavy atom. The fourth-order valence-corrected chi connectivity index (χ4v) is 0.791. The second kappa shape index (κ2) is 2.67. The van der Waals surface area contributed by atoms with Crippen LogP contribution in [0.2, 0.25) is 0 Å². The molecule has 0 aliphatic carbocycles. The van der Waals surface area contributed by atoms with Gasteiger partial charge in [-0.2, -0.15) is 0 Å². The lowest BCUT2D eigenvalue weighted by molar-refractivity contribution is -0.197. The van der Waals surface area contributed by atoms with E-state index in [1.165, 1.54) is 0 Å². The highest BCUT2D eigenvalue weighted by Crippen LogP contribution is 2.20. The molecule has 0 amide bonds. The molecule has 53 valence electrons. The average Bonchev–Trinajstić information content (AvgIpc) is 1.79. The van der Waals surface area contributed by atoms with Crippen LogP contribution in [0.4, 0.5) is 0 Å². The van der Waals surface area contributed by atoms with Gasteiger partial charge < -0.3 is 9.47 Å². The van der Waals surface area contributed by atoms with Gasteiger partial charge in [-0.3, -0.25) is 0 Å². The third kappa shape index (κ3) is 1.66. The second-order valence-electron chi connectivity index (χ2n) is 2.64. The largest absolute Gasteiger partial charge is 0.375 e. The van der Waals surface area contributed by atoms with Crippen LogP contribution < -0.4 is 0 Å². The molecule has 1 rings (SSSR count). The molecule has 0 aromatic carbocycles. The lowest BCUT2D eigenvalue weighted by Crippen LogP contribution is -2.49. The zero-order chi connectivity index (χ0) is 6.74. The van der Waals surface area contributed by atoms with Crippen molar-refractivity contribution >= 4 is 0 Å². The molecule has 1 radical (unpaired) electrons. The summed E-state index contributed by atoms with van der Waals surface area (Å²) in [5.41, 5.74) is 0.0116. The van der Waals surface area contributed by atoms with E-state index < -0.39 is 0 Å². The predicted octanol–water partition coefficient (Wildman–Crippen LogP) is 1.02. The second-order valence-corrected chi connectivity index (χ2v) is 2.64. The molecule has 0 aromatic rings. The molecule has 2 heteroatoms. The third-order valence-electron chi connectivity index (χ3n) is 1.41. The van der Waals surface area contributed by atoms with Gasteiger partial charge in [0.05, 0.1) is 13.2 Å². The molecule has 0 aromatic heterocycles. The molecule has 1 aliphatic rings. The first kappa shape index (κ1) is 7.03. The Balaban J connectivity index is 2.09. The van der Waals surface area contributed by atoms with E-state index in [9.17, 15) is 0 Å². The molecule has 1 aliphatic heterocycles. The Kier molecular flexibility index (Phi) is 2.09. The summed E-state index contributed by atoms with van der Waals surface area (Å²) in [5, 5.41) is 0. The summed E-state index contributed by atoms with van der Waals surface area (Å²) in [6.45, 7) is 7.98. The summed E-state index contributed by atoms with van der Waals surface area (Å²) in [6.07, 6.45) is 0.843. The Labute approximate surface area is 56.2 Å². The fourth-order valence-electron chi connectivity index (χ4n) is 0.791. The molecule has 0 bridgehead atoms. The van der Waals surface area contributed by atoms with Crippen LogP contribution in [0.25, 0.3) is 0 Å². The SMILES string of the molecule is [CH2]CCOC1(C)COC1. The van der Waals surface area contributed by atoms with Gasteiger partial charge in [0.15, 0.2) is 0 Å². The zero-order valence-electron chi connectivity index (χ0n) is 5.85. The van der Waals surface area contributed by atoms with Crippen LogP contribution in [0, 0.1) is 6.92 Å². The summed E-state index contributed by atoms with van der Waals surface area (Å²) < 4.78 is 10.4. The van der Waals surface area contributed by atoms with E-state index in [1.807, 2.05) is 0 Å². The smallest absolute Gasteiger partial charge is 0.112 e. The van der Waals surface area contributed by atoms with Gasteiger partial charge in [-0.05, 0) is 13.3 Å². The van der Waals surface area contributed by atoms with Gasteiger partial charge in [0, 0.05) is 6.61 Å².